The number of anilines is 2. The maximum absolute atomic E-state index is 9.29. The number of aromatic nitrogens is 1. The van der Waals surface area contributed by atoms with Gasteiger partial charge >= 0.3 is 0 Å². The summed E-state index contributed by atoms with van der Waals surface area (Å²) in [6.45, 7) is 2.58. The second-order valence-electron chi connectivity index (χ2n) is 5.53. The van der Waals surface area contributed by atoms with E-state index >= 15 is 0 Å². The molecule has 0 radical (unpaired) electrons. The van der Waals surface area contributed by atoms with E-state index in [1.54, 1.807) is 13.2 Å². The van der Waals surface area contributed by atoms with Crippen LogP contribution >= 0.6 is 0 Å². The average molecular weight is 361 g/mol. The lowest BCUT2D eigenvalue weighted by Gasteiger charge is -2.04. The summed E-state index contributed by atoms with van der Waals surface area (Å²) < 4.78 is 16.2. The Kier molecular flexibility index (Phi) is 5.75. The molecule has 3 rings (SSSR count). The van der Waals surface area contributed by atoms with Crippen LogP contribution in [0.1, 0.15) is 24.1 Å². The summed E-state index contributed by atoms with van der Waals surface area (Å²) in [4.78, 5) is 4.19. The van der Waals surface area contributed by atoms with Gasteiger partial charge in [0.05, 0.1) is 13.7 Å². The molecule has 6 nitrogen and oxygen atoms in total. The minimum atomic E-state index is 0.192. The number of ether oxygens (including phenoxy) is 2. The normalized spacial score (nSPS) is 10.6. The minimum absolute atomic E-state index is 0.192. The maximum Gasteiger partial charge on any atom is 0.236 e. The van der Waals surface area contributed by atoms with Gasteiger partial charge in [-0.15, -0.1) is 0 Å². The first-order valence-electron chi connectivity index (χ1n) is 8.44. The molecule has 0 bridgehead atoms. The van der Waals surface area contributed by atoms with E-state index in [1.165, 1.54) is 0 Å². The lowest BCUT2D eigenvalue weighted by molar-refractivity contribution is 0.340. The summed E-state index contributed by atoms with van der Waals surface area (Å²) >= 11 is 0. The number of benzene rings is 2. The van der Waals surface area contributed by atoms with Crippen molar-refractivity contribution >= 4 is 23.7 Å². The third-order valence-electron chi connectivity index (χ3n) is 3.71. The monoisotopic (exact) mass is 361 g/mol. The molecule has 2 aromatic carbocycles. The highest BCUT2D eigenvalue weighted by atomic mass is 16.5. The third kappa shape index (κ3) is 4.67. The zero-order valence-electron chi connectivity index (χ0n) is 15.1. The van der Waals surface area contributed by atoms with Crippen LogP contribution < -0.4 is 14.8 Å². The predicted octanol–water partition coefficient (Wildman–Crippen LogP) is 4.87. The van der Waals surface area contributed by atoms with Crippen molar-refractivity contribution in [3.05, 3.63) is 65.7 Å². The van der Waals surface area contributed by atoms with Crippen LogP contribution in [0.3, 0.4) is 0 Å². The van der Waals surface area contributed by atoms with E-state index in [2.05, 4.69) is 10.3 Å². The van der Waals surface area contributed by atoms with Crippen molar-refractivity contribution in [2.45, 2.75) is 6.92 Å². The Morgan fingerprint density at radius 1 is 1.07 bits per heavy atom. The number of nitrogens with zero attached hydrogens (tertiary/aromatic N) is 2. The smallest absolute Gasteiger partial charge is 0.236 e. The molecule has 6 heteroatoms. The summed E-state index contributed by atoms with van der Waals surface area (Å²) in [5, 5.41) is 12.3. The van der Waals surface area contributed by atoms with Gasteiger partial charge in [0.1, 0.15) is 17.6 Å². The van der Waals surface area contributed by atoms with Gasteiger partial charge < -0.3 is 19.2 Å². The Bertz CT molecular complexity index is 952. The Balaban J connectivity index is 1.74. The van der Waals surface area contributed by atoms with Crippen LogP contribution in [0, 0.1) is 11.3 Å². The maximum atomic E-state index is 9.29. The molecular formula is C21H19N3O3. The molecule has 0 amide bonds. The Labute approximate surface area is 157 Å². The van der Waals surface area contributed by atoms with Crippen LogP contribution in [0.5, 0.6) is 11.5 Å². The number of nitrogens with one attached hydrogen (secondary N) is 1. The molecule has 1 heterocycles. The molecule has 3 aromatic rings. The lowest BCUT2D eigenvalue weighted by Crippen LogP contribution is -1.91. The quantitative estimate of drug-likeness (QED) is 0.647. The second-order valence-corrected chi connectivity index (χ2v) is 5.53. The molecule has 0 saturated heterocycles. The number of rotatable bonds is 7. The molecule has 0 spiro atoms. The van der Waals surface area contributed by atoms with E-state index in [4.69, 9.17) is 13.9 Å². The van der Waals surface area contributed by atoms with Crippen LogP contribution in [0.2, 0.25) is 0 Å². The van der Waals surface area contributed by atoms with E-state index in [0.29, 0.717) is 18.4 Å². The van der Waals surface area contributed by atoms with Gasteiger partial charge in [0.15, 0.2) is 0 Å². The van der Waals surface area contributed by atoms with Crippen molar-refractivity contribution in [3.8, 4) is 17.6 Å². The molecule has 0 fully saturated rings. The van der Waals surface area contributed by atoms with E-state index in [9.17, 15) is 5.26 Å². The highest BCUT2D eigenvalue weighted by molar-refractivity contribution is 5.68. The van der Waals surface area contributed by atoms with Crippen molar-refractivity contribution in [3.63, 3.8) is 0 Å². The zero-order chi connectivity index (χ0) is 19.1. The largest absolute Gasteiger partial charge is 0.497 e. The van der Waals surface area contributed by atoms with E-state index in [-0.39, 0.29) is 5.69 Å². The molecule has 0 aliphatic heterocycles. The van der Waals surface area contributed by atoms with E-state index < -0.39 is 0 Å². The Morgan fingerprint density at radius 3 is 2.41 bits per heavy atom. The van der Waals surface area contributed by atoms with Crippen LogP contribution in [-0.4, -0.2) is 18.7 Å². The molecule has 1 aromatic heterocycles. The first kappa shape index (κ1) is 18.1. The summed E-state index contributed by atoms with van der Waals surface area (Å²) in [6, 6.07) is 17.0. The average Bonchev–Trinajstić information content (AvgIpc) is 3.10. The van der Waals surface area contributed by atoms with Crippen molar-refractivity contribution < 1.29 is 13.9 Å². The molecule has 0 aliphatic rings. The van der Waals surface area contributed by atoms with Crippen LogP contribution in [0.15, 0.2) is 52.9 Å². The van der Waals surface area contributed by atoms with Crippen LogP contribution in [-0.2, 0) is 0 Å². The number of oxazole rings is 1. The topological polar surface area (TPSA) is 80.3 Å². The fraction of sp³-hybridized carbons (Fsp3) is 0.143. The summed E-state index contributed by atoms with van der Waals surface area (Å²) in [6.07, 6.45) is 3.58. The van der Waals surface area contributed by atoms with Gasteiger partial charge in [-0.1, -0.05) is 12.1 Å². The highest BCUT2D eigenvalue weighted by Crippen LogP contribution is 2.24. The number of hydrogen-bond acceptors (Lipinski definition) is 6. The third-order valence-corrected chi connectivity index (χ3v) is 3.71. The molecule has 27 heavy (non-hydrogen) atoms. The molecule has 0 aliphatic carbocycles. The number of hydrogen-bond donors (Lipinski definition) is 1. The highest BCUT2D eigenvalue weighted by Gasteiger charge is 2.11. The van der Waals surface area contributed by atoms with Gasteiger partial charge in [0.2, 0.25) is 17.5 Å². The fourth-order valence-electron chi connectivity index (χ4n) is 2.38. The predicted molar refractivity (Wildman–Crippen MR) is 104 cm³/mol. The van der Waals surface area contributed by atoms with Gasteiger partial charge in [0.25, 0.3) is 0 Å². The summed E-state index contributed by atoms with van der Waals surface area (Å²) in [5.74, 6) is 2.21. The van der Waals surface area contributed by atoms with Crippen molar-refractivity contribution in [1.82, 2.24) is 4.98 Å². The van der Waals surface area contributed by atoms with Crippen LogP contribution in [0.25, 0.3) is 12.2 Å². The first-order valence-corrected chi connectivity index (χ1v) is 8.44. The number of methoxy groups -OCH3 is 1. The van der Waals surface area contributed by atoms with Gasteiger partial charge in [0, 0.05) is 11.8 Å². The molecular weight excluding hydrogens is 342 g/mol. The van der Waals surface area contributed by atoms with Gasteiger partial charge in [-0.25, -0.2) is 0 Å². The fourth-order valence-corrected chi connectivity index (χ4v) is 2.38. The molecule has 1 N–H and O–H groups in total. The number of nitriles is 1. The molecule has 0 atom stereocenters. The second kappa shape index (κ2) is 8.59. The van der Waals surface area contributed by atoms with Crippen LogP contribution in [0.4, 0.5) is 11.6 Å². The minimum Gasteiger partial charge on any atom is -0.497 e. The van der Waals surface area contributed by atoms with Gasteiger partial charge in [-0.2, -0.15) is 10.2 Å². The van der Waals surface area contributed by atoms with E-state index in [1.807, 2.05) is 67.6 Å². The zero-order valence-corrected chi connectivity index (χ0v) is 15.1. The Hall–Kier alpha value is -3.72. The molecule has 0 saturated carbocycles. The molecule has 136 valence electrons. The lowest BCUT2D eigenvalue weighted by atomic mass is 10.2. The standard InChI is InChI=1S/C21H19N3O3/c1-3-26-18-9-4-15(5-10-18)6-13-20-24-19(14-22)21(27-20)23-16-7-11-17(25-2)12-8-16/h4-13,23H,3H2,1-2H3/b13-6+. The first-order chi connectivity index (χ1) is 13.2. The molecule has 0 unspecified atom stereocenters. The van der Waals surface area contributed by atoms with Crippen molar-refractivity contribution in [2.24, 2.45) is 0 Å². The SMILES string of the molecule is CCOc1ccc(/C=C/c2nc(C#N)c(Nc3ccc(OC)cc3)o2)cc1. The summed E-state index contributed by atoms with van der Waals surface area (Å²) in [5.41, 5.74) is 1.93. The van der Waals surface area contributed by atoms with Crippen molar-refractivity contribution in [1.29, 1.82) is 5.26 Å². The van der Waals surface area contributed by atoms with Gasteiger partial charge in [-0.05, 0) is 55.0 Å². The summed E-state index contributed by atoms with van der Waals surface area (Å²) in [7, 11) is 1.61. The van der Waals surface area contributed by atoms with Crippen molar-refractivity contribution in [2.75, 3.05) is 19.0 Å². The Morgan fingerprint density at radius 2 is 1.78 bits per heavy atom. The van der Waals surface area contributed by atoms with E-state index in [0.717, 1.165) is 22.7 Å². The van der Waals surface area contributed by atoms with Gasteiger partial charge in [-0.3, -0.25) is 0 Å².